The van der Waals surface area contributed by atoms with E-state index in [0.717, 1.165) is 6.07 Å². The van der Waals surface area contributed by atoms with Crippen LogP contribution >= 0.6 is 0 Å². The molecule has 0 saturated carbocycles. The average Bonchev–Trinajstić information content (AvgIpc) is 2.68. The topological polar surface area (TPSA) is 67.9 Å². The van der Waals surface area contributed by atoms with Crippen LogP contribution < -0.4 is 10.3 Å². The fourth-order valence-corrected chi connectivity index (χ4v) is 2.70. The van der Waals surface area contributed by atoms with Crippen LogP contribution in [0.15, 0.2) is 71.7 Å². The molecule has 0 spiro atoms. The first-order chi connectivity index (χ1) is 13.4. The molecule has 0 saturated heterocycles. The van der Waals surface area contributed by atoms with E-state index in [9.17, 15) is 18.0 Å². The molecule has 140 valence electrons. The lowest BCUT2D eigenvalue weighted by atomic mass is 10.2. The van der Waals surface area contributed by atoms with Crippen LogP contribution in [-0.2, 0) is 6.18 Å². The lowest BCUT2D eigenvalue weighted by Gasteiger charge is -2.12. The molecule has 0 aliphatic carbocycles. The fraction of sp³-hybridized carbons (Fsp3) is 0.0500. The zero-order chi connectivity index (χ0) is 19.7. The monoisotopic (exact) mass is 383 g/mol. The zero-order valence-electron chi connectivity index (χ0n) is 14.2. The highest BCUT2D eigenvalue weighted by Crippen LogP contribution is 2.36. The number of hydrogen-bond acceptors (Lipinski definition) is 4. The molecule has 0 unspecified atom stereocenters. The van der Waals surface area contributed by atoms with Crippen LogP contribution in [0.1, 0.15) is 5.56 Å². The second kappa shape index (κ2) is 6.80. The fourth-order valence-electron chi connectivity index (χ4n) is 2.70. The molecular weight excluding hydrogens is 371 g/mol. The van der Waals surface area contributed by atoms with Crippen molar-refractivity contribution < 1.29 is 17.9 Å². The molecule has 4 aromatic rings. The lowest BCUT2D eigenvalue weighted by molar-refractivity contribution is -0.138. The van der Waals surface area contributed by atoms with Gasteiger partial charge in [0.15, 0.2) is 0 Å². The molecule has 0 aliphatic rings. The smallest absolute Gasteiger partial charge is 0.421 e. The Balaban J connectivity index is 1.65. The molecule has 8 heteroatoms. The van der Waals surface area contributed by atoms with E-state index in [2.05, 4.69) is 15.0 Å². The van der Waals surface area contributed by atoms with Crippen LogP contribution in [0.4, 0.5) is 13.2 Å². The number of H-pyrrole nitrogens is 1. The van der Waals surface area contributed by atoms with Gasteiger partial charge < -0.3 is 9.72 Å². The third kappa shape index (κ3) is 3.44. The molecule has 4 rings (SSSR count). The lowest BCUT2D eigenvalue weighted by Crippen LogP contribution is -2.09. The highest BCUT2D eigenvalue weighted by atomic mass is 19.4. The minimum absolute atomic E-state index is 0.177. The molecule has 0 bridgehead atoms. The summed E-state index contributed by atoms with van der Waals surface area (Å²) in [6.45, 7) is 0. The number of pyridine rings is 1. The van der Waals surface area contributed by atoms with Crippen LogP contribution in [0.3, 0.4) is 0 Å². The van der Waals surface area contributed by atoms with E-state index in [-0.39, 0.29) is 11.3 Å². The van der Waals surface area contributed by atoms with Gasteiger partial charge in [0.1, 0.15) is 17.1 Å². The molecule has 0 amide bonds. The van der Waals surface area contributed by atoms with Crippen LogP contribution in [-0.4, -0.2) is 15.0 Å². The zero-order valence-corrected chi connectivity index (χ0v) is 14.2. The number of hydrogen-bond donors (Lipinski definition) is 1. The highest BCUT2D eigenvalue weighted by molar-refractivity contribution is 5.79. The SMILES string of the molecule is O=c1[nH]c(-c2ccc(Oc3ncccc3C(F)(F)F)cc2)nc2ccccc12. The molecule has 5 nitrogen and oxygen atoms in total. The second-order valence-corrected chi connectivity index (χ2v) is 5.91. The molecule has 0 radical (unpaired) electrons. The van der Waals surface area contributed by atoms with Crippen molar-refractivity contribution in [1.29, 1.82) is 0 Å². The van der Waals surface area contributed by atoms with E-state index >= 15 is 0 Å². The Hall–Kier alpha value is -3.68. The number of benzene rings is 2. The van der Waals surface area contributed by atoms with Crippen LogP contribution in [0.25, 0.3) is 22.3 Å². The minimum atomic E-state index is -4.57. The van der Waals surface area contributed by atoms with E-state index in [1.54, 1.807) is 36.4 Å². The average molecular weight is 383 g/mol. The Morgan fingerprint density at radius 1 is 0.929 bits per heavy atom. The summed E-state index contributed by atoms with van der Waals surface area (Å²) >= 11 is 0. The predicted octanol–water partition coefficient (Wildman–Crippen LogP) is 4.80. The number of fused-ring (bicyclic) bond motifs is 1. The summed E-state index contributed by atoms with van der Waals surface area (Å²) in [5.74, 6) is 0.000130. The van der Waals surface area contributed by atoms with Gasteiger partial charge in [-0.25, -0.2) is 9.97 Å². The first-order valence-electron chi connectivity index (χ1n) is 8.21. The van der Waals surface area contributed by atoms with Gasteiger partial charge in [-0.2, -0.15) is 13.2 Å². The summed E-state index contributed by atoms with van der Waals surface area (Å²) in [5, 5.41) is 0.473. The summed E-state index contributed by atoms with van der Waals surface area (Å²) in [7, 11) is 0. The van der Waals surface area contributed by atoms with Crippen molar-refractivity contribution in [3.8, 4) is 23.0 Å². The second-order valence-electron chi connectivity index (χ2n) is 5.91. The Bertz CT molecular complexity index is 1200. The number of nitrogens with one attached hydrogen (secondary N) is 1. The molecule has 0 atom stereocenters. The summed E-state index contributed by atoms with van der Waals surface area (Å²) in [6, 6.07) is 15.2. The Labute approximate surface area is 156 Å². The molecular formula is C20H12F3N3O2. The van der Waals surface area contributed by atoms with Crippen molar-refractivity contribution in [2.75, 3.05) is 0 Å². The van der Waals surface area contributed by atoms with Gasteiger partial charge in [-0.3, -0.25) is 4.79 Å². The molecule has 2 aromatic heterocycles. The number of aromatic nitrogens is 3. The van der Waals surface area contributed by atoms with Crippen LogP contribution in [0.5, 0.6) is 11.6 Å². The molecule has 1 N–H and O–H groups in total. The van der Waals surface area contributed by atoms with E-state index in [1.807, 2.05) is 0 Å². The third-order valence-electron chi connectivity index (χ3n) is 4.03. The number of para-hydroxylation sites is 1. The quantitative estimate of drug-likeness (QED) is 0.552. The van der Waals surface area contributed by atoms with Gasteiger partial charge in [-0.05, 0) is 48.5 Å². The molecule has 2 aromatic carbocycles. The van der Waals surface area contributed by atoms with Gasteiger partial charge in [0.25, 0.3) is 5.56 Å². The number of ether oxygens (including phenoxy) is 1. The first kappa shape index (κ1) is 17.7. The summed E-state index contributed by atoms with van der Waals surface area (Å²) in [4.78, 5) is 22.9. The summed E-state index contributed by atoms with van der Waals surface area (Å²) in [5.41, 5.74) is -0.0963. The van der Waals surface area contributed by atoms with E-state index in [0.29, 0.717) is 22.3 Å². The van der Waals surface area contributed by atoms with E-state index < -0.39 is 17.6 Å². The molecule has 0 aliphatic heterocycles. The van der Waals surface area contributed by atoms with Crippen molar-refractivity contribution in [2.45, 2.75) is 6.18 Å². The van der Waals surface area contributed by atoms with E-state index in [1.165, 1.54) is 24.4 Å². The standard InChI is InChI=1S/C20H12F3N3O2/c21-20(22,23)15-5-3-11-24-19(15)28-13-9-7-12(8-10-13)17-25-16-6-2-1-4-14(16)18(27)26-17/h1-11H,(H,25,26,27). The first-order valence-corrected chi connectivity index (χ1v) is 8.21. The normalized spacial score (nSPS) is 11.5. The maximum Gasteiger partial charge on any atom is 0.421 e. The number of rotatable bonds is 3. The largest absolute Gasteiger partial charge is 0.438 e. The highest BCUT2D eigenvalue weighted by Gasteiger charge is 2.35. The van der Waals surface area contributed by atoms with Crippen molar-refractivity contribution in [1.82, 2.24) is 15.0 Å². The van der Waals surface area contributed by atoms with Crippen molar-refractivity contribution >= 4 is 10.9 Å². The summed E-state index contributed by atoms with van der Waals surface area (Å²) in [6.07, 6.45) is -3.35. The Morgan fingerprint density at radius 3 is 2.43 bits per heavy atom. The van der Waals surface area contributed by atoms with E-state index in [4.69, 9.17) is 4.74 Å². The molecule has 0 fully saturated rings. The van der Waals surface area contributed by atoms with Gasteiger partial charge in [-0.1, -0.05) is 12.1 Å². The van der Waals surface area contributed by atoms with Gasteiger partial charge in [0.2, 0.25) is 5.88 Å². The van der Waals surface area contributed by atoms with Gasteiger partial charge >= 0.3 is 6.18 Å². The maximum absolute atomic E-state index is 13.0. The van der Waals surface area contributed by atoms with Gasteiger partial charge in [-0.15, -0.1) is 0 Å². The Morgan fingerprint density at radius 2 is 1.68 bits per heavy atom. The van der Waals surface area contributed by atoms with Gasteiger partial charge in [0.05, 0.1) is 10.9 Å². The minimum Gasteiger partial charge on any atom is -0.438 e. The Kier molecular flexibility index (Phi) is 4.31. The van der Waals surface area contributed by atoms with Crippen molar-refractivity contribution in [3.05, 3.63) is 82.8 Å². The number of halogens is 3. The van der Waals surface area contributed by atoms with Crippen LogP contribution in [0, 0.1) is 0 Å². The predicted molar refractivity (Wildman–Crippen MR) is 97.1 cm³/mol. The maximum atomic E-state index is 13.0. The third-order valence-corrected chi connectivity index (χ3v) is 4.03. The number of nitrogens with zero attached hydrogens (tertiary/aromatic N) is 2. The number of alkyl halides is 3. The van der Waals surface area contributed by atoms with Crippen molar-refractivity contribution in [3.63, 3.8) is 0 Å². The van der Waals surface area contributed by atoms with Crippen LogP contribution in [0.2, 0.25) is 0 Å². The van der Waals surface area contributed by atoms with Gasteiger partial charge in [0, 0.05) is 11.8 Å². The molecule has 28 heavy (non-hydrogen) atoms. The van der Waals surface area contributed by atoms with Crippen molar-refractivity contribution in [2.24, 2.45) is 0 Å². The summed E-state index contributed by atoms with van der Waals surface area (Å²) < 4.78 is 44.4. The number of aromatic amines is 1. The molecule has 2 heterocycles.